The Balaban J connectivity index is 1.48. The average Bonchev–Trinajstić information content (AvgIpc) is 3.46. The molecule has 3 fully saturated rings. The number of halogens is 4. The summed E-state index contributed by atoms with van der Waals surface area (Å²) in [5.41, 5.74) is -0.659. The Morgan fingerprint density at radius 1 is 1.14 bits per heavy atom. The maximum Gasteiger partial charge on any atom is 0.417 e. The lowest BCUT2D eigenvalue weighted by atomic mass is 9.93. The first-order chi connectivity index (χ1) is 20.2. The van der Waals surface area contributed by atoms with Crippen LogP contribution in [0.2, 0.25) is 0 Å². The van der Waals surface area contributed by atoms with Gasteiger partial charge in [0.2, 0.25) is 11.7 Å². The second-order valence-electron chi connectivity index (χ2n) is 11.5. The summed E-state index contributed by atoms with van der Waals surface area (Å²) >= 11 is 2.99. The zero-order valence-electron chi connectivity index (χ0n) is 23.7. The summed E-state index contributed by atoms with van der Waals surface area (Å²) in [5, 5.41) is 8.43. The van der Waals surface area contributed by atoms with Crippen LogP contribution in [0.25, 0.3) is 0 Å². The molecule has 1 aromatic heterocycles. The van der Waals surface area contributed by atoms with Gasteiger partial charge in [0.1, 0.15) is 11.9 Å². The predicted octanol–water partition coefficient (Wildman–Crippen LogP) is 3.86. The number of benzene rings is 1. The minimum absolute atomic E-state index is 0.0439. The number of carbonyl (C=O) groups excluding carboxylic acids is 3. The molecule has 2 aromatic rings. The van der Waals surface area contributed by atoms with Crippen LogP contribution >= 0.6 is 15.9 Å². The molecule has 0 spiro atoms. The van der Waals surface area contributed by atoms with Crippen molar-refractivity contribution >= 4 is 49.2 Å². The maximum atomic E-state index is 14.0. The largest absolute Gasteiger partial charge is 0.417 e. The zero-order valence-corrected chi connectivity index (χ0v) is 26.1. The molecule has 2 heterocycles. The van der Waals surface area contributed by atoms with Crippen molar-refractivity contribution in [1.82, 2.24) is 20.4 Å². The molecule has 3 aliphatic rings. The third-order valence-corrected chi connectivity index (χ3v) is 11.0. The topological polar surface area (TPSA) is 130 Å². The highest BCUT2D eigenvalue weighted by molar-refractivity contribution is 9.10. The van der Waals surface area contributed by atoms with Gasteiger partial charge >= 0.3 is 6.18 Å². The van der Waals surface area contributed by atoms with Crippen molar-refractivity contribution in [1.29, 1.82) is 0 Å². The summed E-state index contributed by atoms with van der Waals surface area (Å²) in [6.07, 6.45) is -0.920. The summed E-state index contributed by atoms with van der Waals surface area (Å²) in [7, 11) is -4.59. The monoisotopic (exact) mass is 687 g/mol. The molecule has 5 rings (SSSR count). The number of anilines is 1. The highest BCUT2D eigenvalue weighted by Crippen LogP contribution is 2.41. The SMILES string of the molecule is CCC(NC(=O)[C@@H]1C[C@@H](S(=O)(=O)c2ccc(Br)cc2C(F)(F)F)CN1c1cc(C)nn1C1CCC1)C(=O)C(=O)NC1CC1. The van der Waals surface area contributed by atoms with Crippen LogP contribution in [0.5, 0.6) is 0 Å². The number of aromatic nitrogens is 2. The molecule has 43 heavy (non-hydrogen) atoms. The van der Waals surface area contributed by atoms with Gasteiger partial charge in [0.05, 0.1) is 33.5 Å². The Morgan fingerprint density at radius 2 is 1.84 bits per heavy atom. The van der Waals surface area contributed by atoms with Crippen molar-refractivity contribution in [2.24, 2.45) is 0 Å². The number of hydrogen-bond acceptors (Lipinski definition) is 7. The Morgan fingerprint density at radius 3 is 2.42 bits per heavy atom. The van der Waals surface area contributed by atoms with Gasteiger partial charge < -0.3 is 15.5 Å². The van der Waals surface area contributed by atoms with Crippen molar-refractivity contribution in [3.8, 4) is 0 Å². The first-order valence-electron chi connectivity index (χ1n) is 14.3. The summed E-state index contributed by atoms with van der Waals surface area (Å²) in [4.78, 5) is 39.7. The number of amides is 2. The third-order valence-electron chi connectivity index (χ3n) is 8.29. The summed E-state index contributed by atoms with van der Waals surface area (Å²) in [6.45, 7) is 3.13. The Hall–Kier alpha value is -2.94. The lowest BCUT2D eigenvalue weighted by Gasteiger charge is -2.32. The van der Waals surface area contributed by atoms with Gasteiger partial charge in [-0.3, -0.25) is 14.4 Å². The third kappa shape index (κ3) is 6.47. The fraction of sp³-hybridized carbons (Fsp3) is 0.571. The number of alkyl halides is 3. The molecule has 2 amide bonds. The van der Waals surface area contributed by atoms with E-state index in [-0.39, 0.29) is 35.9 Å². The number of nitrogens with zero attached hydrogens (tertiary/aromatic N) is 3. The number of nitrogens with one attached hydrogen (secondary N) is 2. The van der Waals surface area contributed by atoms with E-state index < -0.39 is 61.4 Å². The van der Waals surface area contributed by atoms with Gasteiger partial charge in [0, 0.05) is 23.1 Å². The van der Waals surface area contributed by atoms with Gasteiger partial charge in [0.15, 0.2) is 9.84 Å². The van der Waals surface area contributed by atoms with Crippen LogP contribution in [0, 0.1) is 6.92 Å². The standard InChI is InChI=1S/C28H33BrF3N5O5S/c1-3-21(25(38)27(40)33-17-8-9-17)34-26(39)22-13-19(14-36(22)24-11-15(2)35-37(24)18-5-4-6-18)43(41,42)23-10-7-16(29)12-20(23)28(30,31)32/h7,10-12,17-19,21-22H,3-6,8-9,13-14H2,1-2H3,(H,33,40)(H,34,39)/t19-,21?,22+/m1/s1. The average molecular weight is 689 g/mol. The van der Waals surface area contributed by atoms with Crippen molar-refractivity contribution in [2.75, 3.05) is 11.4 Å². The second-order valence-corrected chi connectivity index (χ2v) is 14.6. The molecule has 2 saturated carbocycles. The van der Waals surface area contributed by atoms with Crippen LogP contribution in [-0.2, 0) is 30.4 Å². The maximum absolute atomic E-state index is 14.0. The van der Waals surface area contributed by atoms with Crippen LogP contribution < -0.4 is 15.5 Å². The molecule has 0 radical (unpaired) electrons. The molecule has 2 aliphatic carbocycles. The van der Waals surface area contributed by atoms with E-state index in [1.54, 1.807) is 29.5 Å². The lowest BCUT2D eigenvalue weighted by molar-refractivity contribution is -0.140. The fourth-order valence-corrected chi connectivity index (χ4v) is 7.81. The number of sulfone groups is 1. The molecule has 234 valence electrons. The summed E-state index contributed by atoms with van der Waals surface area (Å²) in [6, 6.07) is 2.30. The molecule has 1 aliphatic heterocycles. The minimum Gasteiger partial charge on any atom is -0.347 e. The highest BCUT2D eigenvalue weighted by atomic mass is 79.9. The number of Topliss-reactive ketones (excluding diaryl/α,β-unsaturated/α-hetero) is 1. The smallest absolute Gasteiger partial charge is 0.347 e. The molecular formula is C28H33BrF3N5O5S. The number of ketones is 1. The van der Waals surface area contributed by atoms with Crippen LogP contribution in [0.3, 0.4) is 0 Å². The molecule has 15 heteroatoms. The van der Waals surface area contributed by atoms with E-state index in [0.29, 0.717) is 11.5 Å². The van der Waals surface area contributed by atoms with E-state index in [9.17, 15) is 36.0 Å². The van der Waals surface area contributed by atoms with E-state index in [1.165, 1.54) is 6.07 Å². The summed E-state index contributed by atoms with van der Waals surface area (Å²) in [5.74, 6) is -1.82. The first-order valence-corrected chi connectivity index (χ1v) is 16.6. The zero-order chi connectivity index (χ0) is 31.3. The normalized spacial score (nSPS) is 21.8. The fourth-order valence-electron chi connectivity index (χ4n) is 5.56. The van der Waals surface area contributed by atoms with Crippen LogP contribution in [0.1, 0.15) is 69.2 Å². The number of aryl methyl sites for hydroxylation is 1. The molecule has 1 unspecified atom stereocenters. The summed E-state index contributed by atoms with van der Waals surface area (Å²) < 4.78 is 71.3. The van der Waals surface area contributed by atoms with E-state index >= 15 is 0 Å². The Bertz CT molecular complexity index is 1540. The van der Waals surface area contributed by atoms with Crippen molar-refractivity contribution < 1.29 is 36.0 Å². The van der Waals surface area contributed by atoms with Gasteiger partial charge in [-0.25, -0.2) is 13.1 Å². The van der Waals surface area contributed by atoms with Crippen LogP contribution in [0.15, 0.2) is 33.6 Å². The molecule has 0 bridgehead atoms. The predicted molar refractivity (Wildman–Crippen MR) is 154 cm³/mol. The Kier molecular flexibility index (Phi) is 8.69. The van der Waals surface area contributed by atoms with Crippen LogP contribution in [0.4, 0.5) is 19.0 Å². The number of hydrogen-bond donors (Lipinski definition) is 2. The van der Waals surface area contributed by atoms with Gasteiger partial charge in [-0.1, -0.05) is 22.9 Å². The van der Waals surface area contributed by atoms with E-state index in [0.717, 1.165) is 44.2 Å². The number of carbonyl (C=O) groups is 3. The van der Waals surface area contributed by atoms with Gasteiger partial charge in [-0.15, -0.1) is 0 Å². The van der Waals surface area contributed by atoms with Gasteiger partial charge in [-0.2, -0.15) is 18.3 Å². The van der Waals surface area contributed by atoms with Crippen molar-refractivity contribution in [3.63, 3.8) is 0 Å². The van der Waals surface area contributed by atoms with Crippen LogP contribution in [-0.4, -0.2) is 65.7 Å². The van der Waals surface area contributed by atoms with Crippen molar-refractivity contribution in [3.05, 3.63) is 40.0 Å². The highest BCUT2D eigenvalue weighted by Gasteiger charge is 2.48. The molecule has 10 nitrogen and oxygen atoms in total. The van der Waals surface area contributed by atoms with Gasteiger partial charge in [0.25, 0.3) is 5.91 Å². The Labute approximate surface area is 255 Å². The van der Waals surface area contributed by atoms with Gasteiger partial charge in [-0.05, 0) is 70.1 Å². The molecular weight excluding hydrogens is 655 g/mol. The lowest BCUT2D eigenvalue weighted by Crippen LogP contribution is -2.52. The first kappa shape index (κ1) is 31.5. The quantitative estimate of drug-likeness (QED) is 0.363. The van der Waals surface area contributed by atoms with E-state index in [1.807, 2.05) is 0 Å². The number of rotatable bonds is 10. The molecule has 1 saturated heterocycles. The van der Waals surface area contributed by atoms with E-state index in [4.69, 9.17) is 0 Å². The second kappa shape index (κ2) is 11.9. The van der Waals surface area contributed by atoms with E-state index in [2.05, 4.69) is 31.7 Å². The minimum atomic E-state index is -4.93. The molecule has 2 N–H and O–H groups in total. The van der Waals surface area contributed by atoms with Crippen molar-refractivity contribution in [2.45, 2.75) is 99.3 Å². The molecule has 1 aromatic carbocycles. The molecule has 3 atom stereocenters.